The number of hydrogen-bond donors (Lipinski definition) is 1. The van der Waals surface area contributed by atoms with Crippen molar-refractivity contribution in [2.75, 3.05) is 6.61 Å². The first-order valence-corrected chi connectivity index (χ1v) is 6.55. The van der Waals surface area contributed by atoms with Gasteiger partial charge in [-0.15, -0.1) is 0 Å². The SMILES string of the molecule is CC1(c2noc(-c3cc(F)ccc3O)n2)CCCCO1. The van der Waals surface area contributed by atoms with Gasteiger partial charge >= 0.3 is 0 Å². The Kier molecular flexibility index (Phi) is 3.17. The first kappa shape index (κ1) is 13.1. The largest absolute Gasteiger partial charge is 0.507 e. The summed E-state index contributed by atoms with van der Waals surface area (Å²) in [5.74, 6) is -0.0581. The lowest BCUT2D eigenvalue weighted by molar-refractivity contribution is -0.0770. The van der Waals surface area contributed by atoms with Gasteiger partial charge in [-0.1, -0.05) is 5.16 Å². The minimum Gasteiger partial charge on any atom is -0.507 e. The summed E-state index contributed by atoms with van der Waals surface area (Å²) in [6.07, 6.45) is 2.86. The lowest BCUT2D eigenvalue weighted by Crippen LogP contribution is -2.31. The molecule has 1 atom stereocenters. The maximum atomic E-state index is 13.2. The second-order valence-electron chi connectivity index (χ2n) is 5.12. The van der Waals surface area contributed by atoms with Gasteiger partial charge in [0.25, 0.3) is 5.89 Å². The second-order valence-corrected chi connectivity index (χ2v) is 5.12. The van der Waals surface area contributed by atoms with E-state index in [1.54, 1.807) is 0 Å². The van der Waals surface area contributed by atoms with E-state index in [4.69, 9.17) is 9.26 Å². The fraction of sp³-hybridized carbons (Fsp3) is 0.429. The molecule has 1 saturated heterocycles. The van der Waals surface area contributed by atoms with Gasteiger partial charge < -0.3 is 14.4 Å². The van der Waals surface area contributed by atoms with E-state index in [0.29, 0.717) is 12.4 Å². The van der Waals surface area contributed by atoms with Gasteiger partial charge in [0.15, 0.2) is 0 Å². The fourth-order valence-electron chi connectivity index (χ4n) is 2.34. The molecule has 1 aliphatic rings. The number of aromatic nitrogens is 2. The zero-order valence-corrected chi connectivity index (χ0v) is 11.1. The predicted octanol–water partition coefficient (Wildman–Crippen LogP) is 3.00. The highest BCUT2D eigenvalue weighted by Gasteiger charge is 2.35. The lowest BCUT2D eigenvalue weighted by Gasteiger charge is -2.30. The summed E-state index contributed by atoms with van der Waals surface area (Å²) in [5, 5.41) is 13.7. The summed E-state index contributed by atoms with van der Waals surface area (Å²) in [7, 11) is 0. The number of ether oxygens (including phenoxy) is 1. The summed E-state index contributed by atoms with van der Waals surface area (Å²) in [6, 6.07) is 3.59. The van der Waals surface area contributed by atoms with Crippen molar-refractivity contribution in [1.82, 2.24) is 10.1 Å². The molecule has 1 fully saturated rings. The van der Waals surface area contributed by atoms with Crippen LogP contribution in [0.15, 0.2) is 22.7 Å². The van der Waals surface area contributed by atoms with Crippen molar-refractivity contribution in [2.45, 2.75) is 31.8 Å². The van der Waals surface area contributed by atoms with Crippen LogP contribution in [0.2, 0.25) is 0 Å². The highest BCUT2D eigenvalue weighted by molar-refractivity contribution is 5.61. The molecule has 106 valence electrons. The second kappa shape index (κ2) is 4.86. The summed E-state index contributed by atoms with van der Waals surface area (Å²) < 4.78 is 24.1. The highest BCUT2D eigenvalue weighted by atomic mass is 19.1. The molecule has 1 aliphatic heterocycles. The van der Waals surface area contributed by atoms with Crippen LogP contribution in [0.3, 0.4) is 0 Å². The topological polar surface area (TPSA) is 68.4 Å². The Balaban J connectivity index is 1.95. The number of aromatic hydroxyl groups is 1. The van der Waals surface area contributed by atoms with Gasteiger partial charge in [0.2, 0.25) is 5.82 Å². The quantitative estimate of drug-likeness (QED) is 0.914. The van der Waals surface area contributed by atoms with E-state index in [1.165, 1.54) is 12.1 Å². The molecule has 5 nitrogen and oxygen atoms in total. The molecule has 2 aromatic rings. The van der Waals surface area contributed by atoms with Crippen LogP contribution in [0.4, 0.5) is 4.39 Å². The number of rotatable bonds is 2. The van der Waals surface area contributed by atoms with E-state index in [-0.39, 0.29) is 17.2 Å². The van der Waals surface area contributed by atoms with Gasteiger partial charge in [-0.25, -0.2) is 4.39 Å². The van der Waals surface area contributed by atoms with Crippen molar-refractivity contribution in [3.63, 3.8) is 0 Å². The third kappa shape index (κ3) is 2.27. The van der Waals surface area contributed by atoms with E-state index < -0.39 is 11.4 Å². The van der Waals surface area contributed by atoms with Gasteiger partial charge in [0.1, 0.15) is 17.2 Å². The van der Waals surface area contributed by atoms with Crippen LogP contribution in [0.25, 0.3) is 11.5 Å². The van der Waals surface area contributed by atoms with Crippen molar-refractivity contribution >= 4 is 0 Å². The van der Waals surface area contributed by atoms with E-state index in [9.17, 15) is 9.50 Å². The zero-order chi connectivity index (χ0) is 14.2. The van der Waals surface area contributed by atoms with Gasteiger partial charge in [0.05, 0.1) is 5.56 Å². The van der Waals surface area contributed by atoms with Crippen LogP contribution in [-0.4, -0.2) is 21.9 Å². The van der Waals surface area contributed by atoms with Gasteiger partial charge in [0, 0.05) is 6.61 Å². The number of nitrogens with zero attached hydrogens (tertiary/aromatic N) is 2. The third-order valence-electron chi connectivity index (χ3n) is 3.56. The monoisotopic (exact) mass is 278 g/mol. The summed E-state index contributed by atoms with van der Waals surface area (Å²) in [5.41, 5.74) is -0.397. The molecular weight excluding hydrogens is 263 g/mol. The first-order chi connectivity index (χ1) is 9.58. The van der Waals surface area contributed by atoms with Crippen molar-refractivity contribution < 1.29 is 18.8 Å². The lowest BCUT2D eigenvalue weighted by atomic mass is 9.95. The molecular formula is C14H15FN2O3. The Bertz CT molecular complexity index is 621. The maximum Gasteiger partial charge on any atom is 0.261 e. The van der Waals surface area contributed by atoms with Crippen molar-refractivity contribution in [1.29, 1.82) is 0 Å². The van der Waals surface area contributed by atoms with Crippen molar-refractivity contribution in [3.05, 3.63) is 29.8 Å². The molecule has 1 aromatic heterocycles. The molecule has 0 aliphatic carbocycles. The van der Waals surface area contributed by atoms with Gasteiger partial charge in [-0.2, -0.15) is 4.98 Å². The molecule has 1 unspecified atom stereocenters. The van der Waals surface area contributed by atoms with Crippen LogP contribution in [-0.2, 0) is 10.3 Å². The molecule has 0 spiro atoms. The zero-order valence-electron chi connectivity index (χ0n) is 11.1. The number of phenolic OH excluding ortho intramolecular Hbond substituents is 1. The Morgan fingerprint density at radius 1 is 1.35 bits per heavy atom. The standard InChI is InChI=1S/C14H15FN2O3/c1-14(6-2-3-7-19-14)13-16-12(20-17-13)10-8-9(15)4-5-11(10)18/h4-5,8,18H,2-3,6-7H2,1H3. The molecule has 3 rings (SSSR count). The molecule has 0 bridgehead atoms. The number of benzene rings is 1. The third-order valence-corrected chi connectivity index (χ3v) is 3.56. The summed E-state index contributed by atoms with van der Waals surface area (Å²) in [4.78, 5) is 4.25. The van der Waals surface area contributed by atoms with Crippen LogP contribution >= 0.6 is 0 Å². The number of phenols is 1. The average Bonchev–Trinajstić information content (AvgIpc) is 2.93. The van der Waals surface area contributed by atoms with E-state index >= 15 is 0 Å². The van der Waals surface area contributed by atoms with Gasteiger partial charge in [-0.3, -0.25) is 0 Å². The Hall–Kier alpha value is -1.95. The molecule has 0 saturated carbocycles. The predicted molar refractivity (Wildman–Crippen MR) is 68.5 cm³/mol. The van der Waals surface area contributed by atoms with Crippen molar-refractivity contribution in [3.8, 4) is 17.2 Å². The summed E-state index contributed by atoms with van der Waals surface area (Å²) >= 11 is 0. The Labute approximate surface area is 115 Å². The smallest absolute Gasteiger partial charge is 0.261 e. The normalized spacial score (nSPS) is 22.9. The van der Waals surface area contributed by atoms with E-state index in [2.05, 4.69) is 10.1 Å². The minimum absolute atomic E-state index is 0.0902. The Morgan fingerprint density at radius 3 is 2.95 bits per heavy atom. The molecule has 20 heavy (non-hydrogen) atoms. The van der Waals surface area contributed by atoms with Crippen molar-refractivity contribution in [2.24, 2.45) is 0 Å². The molecule has 1 aromatic carbocycles. The average molecular weight is 278 g/mol. The van der Waals surface area contributed by atoms with E-state index in [0.717, 1.165) is 25.3 Å². The molecule has 6 heteroatoms. The van der Waals surface area contributed by atoms with E-state index in [1.807, 2.05) is 6.92 Å². The first-order valence-electron chi connectivity index (χ1n) is 6.55. The highest BCUT2D eigenvalue weighted by Crippen LogP contribution is 2.35. The molecule has 1 N–H and O–H groups in total. The molecule has 0 radical (unpaired) electrons. The van der Waals surface area contributed by atoms with Crippen LogP contribution in [0.5, 0.6) is 5.75 Å². The van der Waals surface area contributed by atoms with Gasteiger partial charge in [-0.05, 0) is 44.4 Å². The maximum absolute atomic E-state index is 13.2. The number of hydrogen-bond acceptors (Lipinski definition) is 5. The van der Waals surface area contributed by atoms with Crippen LogP contribution in [0.1, 0.15) is 32.0 Å². The molecule has 0 amide bonds. The van der Waals surface area contributed by atoms with Crippen LogP contribution in [0, 0.1) is 5.82 Å². The Morgan fingerprint density at radius 2 is 2.20 bits per heavy atom. The van der Waals surface area contributed by atoms with Crippen LogP contribution < -0.4 is 0 Å². The minimum atomic E-state index is -0.580. The fourth-order valence-corrected chi connectivity index (χ4v) is 2.34. The number of halogens is 1. The molecule has 2 heterocycles. The summed E-state index contributed by atoms with van der Waals surface area (Å²) in [6.45, 7) is 2.57.